The zero-order valence-corrected chi connectivity index (χ0v) is 14.5. The normalized spacial score (nSPS) is 12.2. The van der Waals surface area contributed by atoms with Crippen LogP contribution in [0.5, 0.6) is 0 Å². The summed E-state index contributed by atoms with van der Waals surface area (Å²) >= 11 is 1.17. The van der Waals surface area contributed by atoms with Crippen molar-refractivity contribution in [2.45, 2.75) is 10.4 Å². The van der Waals surface area contributed by atoms with Crippen molar-refractivity contribution in [2.24, 2.45) is 7.05 Å². The molecule has 0 saturated carbocycles. The number of thiazole rings is 1. The second-order valence-electron chi connectivity index (χ2n) is 5.30. The number of rotatable bonds is 3. The van der Waals surface area contributed by atoms with Gasteiger partial charge in [-0.05, 0) is 42.1 Å². The molecule has 0 saturated heterocycles. The van der Waals surface area contributed by atoms with E-state index in [1.54, 1.807) is 6.07 Å². The molecule has 9 heteroatoms. The highest BCUT2D eigenvalue weighted by atomic mass is 32.2. The molecule has 4 nitrogen and oxygen atoms in total. The summed E-state index contributed by atoms with van der Waals surface area (Å²) in [5.41, 5.74) is -1.81. The zero-order chi connectivity index (χ0) is 17.6. The maximum atomic E-state index is 12.5. The first-order valence-corrected chi connectivity index (χ1v) is 8.87. The third kappa shape index (κ3) is 3.29. The average molecular weight is 380 g/mol. The van der Waals surface area contributed by atoms with Gasteiger partial charge in [-0.1, -0.05) is 23.5 Å². The molecule has 1 N–H and O–H groups in total. The van der Waals surface area contributed by atoms with Crippen LogP contribution < -0.4 is 5.32 Å². The number of fused-ring (bicyclic) bond motifs is 2. The van der Waals surface area contributed by atoms with Crippen LogP contribution >= 0.6 is 23.1 Å². The Kier molecular flexibility index (Phi) is 3.84. The molecule has 0 fully saturated rings. The van der Waals surface area contributed by atoms with Gasteiger partial charge in [0.15, 0.2) is 5.13 Å². The van der Waals surface area contributed by atoms with Crippen molar-refractivity contribution in [3.8, 4) is 0 Å². The molecule has 2 heterocycles. The Morgan fingerprint density at radius 1 is 1.08 bits per heavy atom. The fourth-order valence-electron chi connectivity index (χ4n) is 2.51. The van der Waals surface area contributed by atoms with E-state index in [4.69, 9.17) is 0 Å². The van der Waals surface area contributed by atoms with Gasteiger partial charge in [-0.15, -0.1) is 0 Å². The summed E-state index contributed by atoms with van der Waals surface area (Å²) in [5.74, 6) is 0.630. The van der Waals surface area contributed by atoms with Gasteiger partial charge in [0, 0.05) is 11.9 Å². The lowest BCUT2D eigenvalue weighted by molar-refractivity contribution is -0.0328. The molecular weight excluding hydrogens is 369 g/mol. The molecule has 2 aromatic carbocycles. The van der Waals surface area contributed by atoms with E-state index in [1.165, 1.54) is 23.5 Å². The minimum Gasteiger partial charge on any atom is -0.313 e. The average Bonchev–Trinajstić information content (AvgIpc) is 3.07. The zero-order valence-electron chi connectivity index (χ0n) is 12.8. The second kappa shape index (κ2) is 5.92. The summed E-state index contributed by atoms with van der Waals surface area (Å²) in [6.07, 6.45) is 0. The highest BCUT2D eigenvalue weighted by Gasteiger charge is 2.29. The van der Waals surface area contributed by atoms with Gasteiger partial charge < -0.3 is 9.88 Å². The molecule has 0 spiro atoms. The maximum absolute atomic E-state index is 12.5. The number of nitrogens with one attached hydrogen (secondary N) is 1. The molecule has 4 rings (SSSR count). The number of imidazole rings is 1. The van der Waals surface area contributed by atoms with Crippen LogP contribution in [0.1, 0.15) is 0 Å². The Balaban J connectivity index is 1.66. The van der Waals surface area contributed by atoms with E-state index < -0.39 is 5.51 Å². The number of para-hydroxylation sites is 2. The van der Waals surface area contributed by atoms with Crippen LogP contribution in [0.2, 0.25) is 0 Å². The van der Waals surface area contributed by atoms with Crippen molar-refractivity contribution < 1.29 is 13.2 Å². The van der Waals surface area contributed by atoms with Gasteiger partial charge in [0.05, 0.1) is 21.3 Å². The van der Waals surface area contributed by atoms with Crippen molar-refractivity contribution in [1.29, 1.82) is 0 Å². The molecular formula is C16H11F3N4S2. The van der Waals surface area contributed by atoms with E-state index in [9.17, 15) is 13.2 Å². The summed E-state index contributed by atoms with van der Waals surface area (Å²) < 4.78 is 40.1. The highest BCUT2D eigenvalue weighted by molar-refractivity contribution is 8.00. The fourth-order valence-corrected chi connectivity index (χ4v) is 4.06. The van der Waals surface area contributed by atoms with Crippen molar-refractivity contribution in [1.82, 2.24) is 14.5 Å². The van der Waals surface area contributed by atoms with E-state index in [2.05, 4.69) is 15.3 Å². The molecule has 25 heavy (non-hydrogen) atoms. The topological polar surface area (TPSA) is 42.7 Å². The van der Waals surface area contributed by atoms with Crippen LogP contribution in [0.25, 0.3) is 21.3 Å². The van der Waals surface area contributed by atoms with Gasteiger partial charge in [0.1, 0.15) is 0 Å². The van der Waals surface area contributed by atoms with Gasteiger partial charge in [-0.25, -0.2) is 9.97 Å². The predicted octanol–water partition coefficient (Wildman–Crippen LogP) is 5.54. The third-order valence-electron chi connectivity index (χ3n) is 3.60. The molecule has 2 aromatic heterocycles. The van der Waals surface area contributed by atoms with Gasteiger partial charge >= 0.3 is 5.51 Å². The minimum atomic E-state index is -4.30. The first-order valence-electron chi connectivity index (χ1n) is 7.24. The SMILES string of the molecule is Cn1c(Nc2nc3ccc(SC(F)(F)F)cc3s2)nc2ccccc21. The standard InChI is InChI=1S/C16H11F3N4S2/c1-23-12-5-3-2-4-10(12)20-14(23)22-15-21-11-7-6-9(8-13(11)24-15)25-16(17,18)19/h2-8H,1H3,(H,20,21,22). The van der Waals surface area contributed by atoms with Gasteiger partial charge in [0.2, 0.25) is 5.95 Å². The quantitative estimate of drug-likeness (QED) is 0.474. The number of benzene rings is 2. The van der Waals surface area contributed by atoms with Crippen molar-refractivity contribution in [2.75, 3.05) is 5.32 Å². The summed E-state index contributed by atoms with van der Waals surface area (Å²) in [7, 11) is 1.89. The summed E-state index contributed by atoms with van der Waals surface area (Å²) in [6, 6.07) is 12.3. The lowest BCUT2D eigenvalue weighted by atomic mass is 10.3. The van der Waals surface area contributed by atoms with Crippen LogP contribution in [-0.4, -0.2) is 20.0 Å². The molecule has 4 aromatic rings. The Morgan fingerprint density at radius 3 is 2.64 bits per heavy atom. The molecule has 128 valence electrons. The summed E-state index contributed by atoms with van der Waals surface area (Å²) in [4.78, 5) is 9.08. The molecule has 0 bridgehead atoms. The van der Waals surface area contributed by atoms with E-state index >= 15 is 0 Å². The molecule has 0 aliphatic carbocycles. The van der Waals surface area contributed by atoms with Crippen molar-refractivity contribution in [3.63, 3.8) is 0 Å². The Labute approximate surface area is 148 Å². The molecule has 0 unspecified atom stereocenters. The number of alkyl halides is 3. The minimum absolute atomic E-state index is 0.124. The van der Waals surface area contributed by atoms with E-state index in [-0.39, 0.29) is 16.7 Å². The van der Waals surface area contributed by atoms with Crippen LogP contribution in [0.15, 0.2) is 47.4 Å². The van der Waals surface area contributed by atoms with E-state index in [1.807, 2.05) is 35.9 Å². The molecule has 0 aliphatic rings. The first-order chi connectivity index (χ1) is 11.9. The van der Waals surface area contributed by atoms with Gasteiger partial charge in [-0.2, -0.15) is 13.2 Å². The van der Waals surface area contributed by atoms with Crippen LogP contribution in [-0.2, 0) is 7.05 Å². The van der Waals surface area contributed by atoms with E-state index in [0.29, 0.717) is 21.3 Å². The summed E-state index contributed by atoms with van der Waals surface area (Å²) in [5, 5.41) is 3.73. The number of hydrogen-bond acceptors (Lipinski definition) is 5. The number of thioether (sulfide) groups is 1. The largest absolute Gasteiger partial charge is 0.446 e. The highest BCUT2D eigenvalue weighted by Crippen LogP contribution is 2.39. The van der Waals surface area contributed by atoms with E-state index in [0.717, 1.165) is 11.0 Å². The second-order valence-corrected chi connectivity index (χ2v) is 7.47. The lowest BCUT2D eigenvalue weighted by Gasteiger charge is -2.04. The maximum Gasteiger partial charge on any atom is 0.446 e. The first kappa shape index (κ1) is 16.2. The number of nitrogens with zero attached hydrogens (tertiary/aromatic N) is 3. The number of halogens is 3. The van der Waals surface area contributed by atoms with Crippen molar-refractivity contribution >= 4 is 55.4 Å². The lowest BCUT2D eigenvalue weighted by Crippen LogP contribution is -1.98. The molecule has 0 amide bonds. The fraction of sp³-hybridized carbons (Fsp3) is 0.125. The summed E-state index contributed by atoms with van der Waals surface area (Å²) in [6.45, 7) is 0. The number of aromatic nitrogens is 3. The number of aryl methyl sites for hydroxylation is 1. The predicted molar refractivity (Wildman–Crippen MR) is 95.5 cm³/mol. The van der Waals surface area contributed by atoms with Gasteiger partial charge in [-0.3, -0.25) is 0 Å². The Hall–Kier alpha value is -2.26. The van der Waals surface area contributed by atoms with Crippen LogP contribution in [0.4, 0.5) is 24.3 Å². The van der Waals surface area contributed by atoms with Crippen molar-refractivity contribution in [3.05, 3.63) is 42.5 Å². The third-order valence-corrected chi connectivity index (χ3v) is 5.25. The van der Waals surface area contributed by atoms with Crippen LogP contribution in [0, 0.1) is 0 Å². The smallest absolute Gasteiger partial charge is 0.313 e. The Bertz CT molecular complexity index is 1070. The number of hydrogen-bond donors (Lipinski definition) is 1. The van der Waals surface area contributed by atoms with Gasteiger partial charge in [0.25, 0.3) is 0 Å². The monoisotopic (exact) mass is 380 g/mol. The number of anilines is 2. The molecule has 0 aliphatic heterocycles. The van der Waals surface area contributed by atoms with Crippen LogP contribution in [0.3, 0.4) is 0 Å². The molecule has 0 radical (unpaired) electrons. The Morgan fingerprint density at radius 2 is 1.88 bits per heavy atom. The molecule has 0 atom stereocenters.